The number of esters is 1. The largest absolute Gasteiger partial charge is 0.490 e. The Morgan fingerprint density at radius 3 is 2.41 bits per heavy atom. The number of carbonyl (C=O) groups is 2. The molecule has 0 radical (unpaired) electrons. The Kier molecular flexibility index (Phi) is 4.43. The quantitative estimate of drug-likeness (QED) is 0.591. The lowest BCUT2D eigenvalue weighted by molar-refractivity contribution is -0.212. The van der Waals surface area contributed by atoms with Crippen molar-refractivity contribution in [3.05, 3.63) is 0 Å². The van der Waals surface area contributed by atoms with Gasteiger partial charge in [0.15, 0.2) is 0 Å². The minimum absolute atomic E-state index is 0.179. The second-order valence-corrected chi connectivity index (χ2v) is 9.91. The Hall–Kier alpha value is -1.07. The predicted octanol–water partition coefficient (Wildman–Crippen LogP) is 5.07. The van der Waals surface area contributed by atoms with Crippen molar-refractivity contribution in [2.75, 3.05) is 0 Å². The van der Waals surface area contributed by atoms with Gasteiger partial charge in [-0.25, -0.2) is 4.79 Å². The molecule has 4 aliphatic rings. The van der Waals surface area contributed by atoms with Crippen molar-refractivity contribution in [3.8, 4) is 0 Å². The molecule has 152 valence electrons. The highest BCUT2D eigenvalue weighted by molar-refractivity contribution is 5.79. The number of carbonyl (C=O) groups excluding carboxylic acids is 2. The Bertz CT molecular complexity index is 645. The van der Waals surface area contributed by atoms with Gasteiger partial charge in [0.05, 0.1) is 0 Å². The van der Waals surface area contributed by atoms with E-state index < -0.39 is 18.2 Å². The van der Waals surface area contributed by atoms with Crippen LogP contribution in [0.15, 0.2) is 0 Å². The van der Waals surface area contributed by atoms with Gasteiger partial charge in [-0.15, -0.1) is 0 Å². The van der Waals surface area contributed by atoms with Crippen molar-refractivity contribution in [3.63, 3.8) is 0 Å². The molecule has 0 heterocycles. The molecule has 0 unspecified atom stereocenters. The van der Waals surface area contributed by atoms with Crippen molar-refractivity contribution >= 4 is 11.8 Å². The van der Waals surface area contributed by atoms with Crippen LogP contribution in [0.1, 0.15) is 71.6 Å². The molecular formula is C21H29F3O3. The van der Waals surface area contributed by atoms with E-state index >= 15 is 0 Å². The molecule has 6 heteroatoms. The first-order valence-corrected chi connectivity index (χ1v) is 10.4. The molecule has 4 aliphatic carbocycles. The average molecular weight is 386 g/mol. The third kappa shape index (κ3) is 2.93. The van der Waals surface area contributed by atoms with Gasteiger partial charge in [-0.1, -0.05) is 13.8 Å². The SMILES string of the molecule is C[C@]12CCC(=O)C[C@@H]1CC[C@@H]1[C@@H]2CC[C@]2(C)[C@H](OC(=O)C(F)(F)F)CC[C@@H]12. The van der Waals surface area contributed by atoms with Crippen LogP contribution in [0.4, 0.5) is 13.2 Å². The van der Waals surface area contributed by atoms with Crippen molar-refractivity contribution in [1.82, 2.24) is 0 Å². The average Bonchev–Trinajstić information content (AvgIpc) is 2.91. The monoisotopic (exact) mass is 386 g/mol. The van der Waals surface area contributed by atoms with Crippen LogP contribution < -0.4 is 0 Å². The van der Waals surface area contributed by atoms with Gasteiger partial charge in [0, 0.05) is 18.3 Å². The highest BCUT2D eigenvalue weighted by Crippen LogP contribution is 2.66. The van der Waals surface area contributed by atoms with Gasteiger partial charge in [-0.05, 0) is 74.0 Å². The molecule has 0 aromatic rings. The summed E-state index contributed by atoms with van der Waals surface area (Å²) in [6.07, 6.45) is 2.02. The summed E-state index contributed by atoms with van der Waals surface area (Å²) in [4.78, 5) is 23.4. The van der Waals surface area contributed by atoms with E-state index in [2.05, 4.69) is 6.92 Å². The third-order valence-corrected chi connectivity index (χ3v) is 8.88. The van der Waals surface area contributed by atoms with Gasteiger partial charge >= 0.3 is 12.1 Å². The first-order valence-electron chi connectivity index (χ1n) is 10.4. The standard InChI is InChI=1S/C21H29F3O3/c1-19-9-7-13(25)11-12(19)3-4-14-15-5-6-17(27-18(26)21(22,23)24)20(15,2)10-8-16(14)19/h12,14-17H,3-11H2,1-2H3/t12-,14-,15-,16-,17+,19-,20-/m0/s1. The van der Waals surface area contributed by atoms with E-state index in [1.165, 1.54) is 0 Å². The molecule has 0 bridgehead atoms. The number of hydrogen-bond acceptors (Lipinski definition) is 3. The molecule has 4 fully saturated rings. The topological polar surface area (TPSA) is 43.4 Å². The van der Waals surface area contributed by atoms with E-state index in [1.807, 2.05) is 6.92 Å². The first kappa shape index (κ1) is 19.3. The predicted molar refractivity (Wildman–Crippen MR) is 92.7 cm³/mol. The highest BCUT2D eigenvalue weighted by atomic mass is 19.4. The Labute approximate surface area is 158 Å². The molecule has 0 aliphatic heterocycles. The van der Waals surface area contributed by atoms with Crippen LogP contribution >= 0.6 is 0 Å². The fourth-order valence-electron chi connectivity index (χ4n) is 7.39. The molecule has 0 aromatic carbocycles. The number of Topliss-reactive ketones (excluding diaryl/α,β-unsaturated/α-hetero) is 1. The van der Waals surface area contributed by atoms with Gasteiger partial charge in [0.1, 0.15) is 11.9 Å². The number of rotatable bonds is 1. The number of fused-ring (bicyclic) bond motifs is 5. The van der Waals surface area contributed by atoms with Crippen molar-refractivity contribution in [2.45, 2.75) is 83.9 Å². The van der Waals surface area contributed by atoms with Gasteiger partial charge < -0.3 is 4.74 Å². The van der Waals surface area contributed by atoms with E-state index in [4.69, 9.17) is 4.74 Å². The lowest BCUT2D eigenvalue weighted by atomic mass is 9.45. The molecular weight excluding hydrogens is 357 g/mol. The summed E-state index contributed by atoms with van der Waals surface area (Å²) < 4.78 is 43.0. The van der Waals surface area contributed by atoms with E-state index in [9.17, 15) is 22.8 Å². The summed E-state index contributed by atoms with van der Waals surface area (Å²) in [5, 5.41) is 0. The lowest BCUT2D eigenvalue weighted by Gasteiger charge is -2.60. The molecule has 0 spiro atoms. The second kappa shape index (κ2) is 6.21. The van der Waals surface area contributed by atoms with Crippen molar-refractivity contribution in [2.24, 2.45) is 34.5 Å². The minimum Gasteiger partial charge on any atom is -0.455 e. The zero-order valence-corrected chi connectivity index (χ0v) is 16.1. The number of hydrogen-bond donors (Lipinski definition) is 0. The zero-order valence-electron chi connectivity index (χ0n) is 16.1. The second-order valence-electron chi connectivity index (χ2n) is 9.91. The van der Waals surface area contributed by atoms with Crippen LogP contribution in [0.3, 0.4) is 0 Å². The van der Waals surface area contributed by atoms with Crippen LogP contribution in [-0.2, 0) is 14.3 Å². The number of ketones is 1. The van der Waals surface area contributed by atoms with E-state index in [-0.39, 0.29) is 10.8 Å². The van der Waals surface area contributed by atoms with Crippen LogP contribution in [0.25, 0.3) is 0 Å². The summed E-state index contributed by atoms with van der Waals surface area (Å²) in [5.41, 5.74) is -0.172. The third-order valence-electron chi connectivity index (χ3n) is 8.88. The summed E-state index contributed by atoms with van der Waals surface area (Å²) in [7, 11) is 0. The maximum Gasteiger partial charge on any atom is 0.490 e. The maximum atomic E-state index is 12.7. The lowest BCUT2D eigenvalue weighted by Crippen LogP contribution is -2.54. The Morgan fingerprint density at radius 1 is 1.00 bits per heavy atom. The van der Waals surface area contributed by atoms with Gasteiger partial charge in [0.2, 0.25) is 0 Å². The summed E-state index contributed by atoms with van der Waals surface area (Å²) in [5.74, 6) is 0.143. The number of alkyl halides is 3. The summed E-state index contributed by atoms with van der Waals surface area (Å²) in [6.45, 7) is 4.38. The van der Waals surface area contributed by atoms with Crippen molar-refractivity contribution in [1.29, 1.82) is 0 Å². The van der Waals surface area contributed by atoms with Crippen LogP contribution in [0.5, 0.6) is 0 Å². The molecule has 4 saturated carbocycles. The molecule has 4 rings (SSSR count). The molecule has 0 amide bonds. The van der Waals surface area contributed by atoms with E-state index in [1.54, 1.807) is 0 Å². The normalized spacial score (nSPS) is 47.0. The molecule has 0 N–H and O–H groups in total. The number of halogens is 3. The summed E-state index contributed by atoms with van der Waals surface area (Å²) >= 11 is 0. The van der Waals surface area contributed by atoms with Crippen molar-refractivity contribution < 1.29 is 27.5 Å². The smallest absolute Gasteiger partial charge is 0.455 e. The highest BCUT2D eigenvalue weighted by Gasteiger charge is 2.61. The van der Waals surface area contributed by atoms with Crippen LogP contribution in [0.2, 0.25) is 0 Å². The first-order chi connectivity index (χ1) is 12.6. The summed E-state index contributed by atoms with van der Waals surface area (Å²) in [6, 6.07) is 0. The minimum atomic E-state index is -4.92. The van der Waals surface area contributed by atoms with E-state index in [0.717, 1.165) is 38.5 Å². The fraction of sp³-hybridized carbons (Fsp3) is 0.905. The van der Waals surface area contributed by atoms with Gasteiger partial charge in [0.25, 0.3) is 0 Å². The Morgan fingerprint density at radius 2 is 1.70 bits per heavy atom. The molecule has 3 nitrogen and oxygen atoms in total. The number of ether oxygens (including phenoxy) is 1. The van der Waals surface area contributed by atoms with E-state index in [0.29, 0.717) is 48.7 Å². The van der Waals surface area contributed by atoms with Gasteiger partial charge in [-0.3, -0.25) is 4.79 Å². The maximum absolute atomic E-state index is 12.7. The molecule has 0 saturated heterocycles. The van der Waals surface area contributed by atoms with Crippen LogP contribution in [0, 0.1) is 34.5 Å². The molecule has 0 aromatic heterocycles. The fourth-order valence-corrected chi connectivity index (χ4v) is 7.39. The molecule has 7 atom stereocenters. The Balaban J connectivity index is 1.54. The van der Waals surface area contributed by atoms with Crippen LogP contribution in [-0.4, -0.2) is 24.0 Å². The van der Waals surface area contributed by atoms with Gasteiger partial charge in [-0.2, -0.15) is 13.2 Å². The molecule has 27 heavy (non-hydrogen) atoms. The zero-order chi connectivity index (χ0) is 19.6.